The Kier molecular flexibility index (Phi) is 44.2. The topological polar surface area (TPSA) is 307 Å². The van der Waals surface area contributed by atoms with Gasteiger partial charge in [-0.2, -0.15) is 0 Å². The summed E-state index contributed by atoms with van der Waals surface area (Å²) >= 11 is 0. The van der Waals surface area contributed by atoms with Crippen molar-refractivity contribution in [1.29, 1.82) is 0 Å². The molecule has 3 aliphatic heterocycles. The molecule has 17 atom stereocenters. The van der Waals surface area contributed by atoms with Crippen LogP contribution in [0.15, 0.2) is 12.2 Å². The third kappa shape index (κ3) is 30.8. The van der Waals surface area contributed by atoms with Crippen LogP contribution in [-0.2, 0) is 33.2 Å². The van der Waals surface area contributed by atoms with Crippen molar-refractivity contribution >= 4 is 5.91 Å². The Morgan fingerprint density at radius 3 is 1.15 bits per heavy atom. The van der Waals surface area contributed by atoms with Gasteiger partial charge in [-0.3, -0.25) is 4.79 Å². The van der Waals surface area contributed by atoms with Crippen molar-refractivity contribution in [2.75, 3.05) is 26.4 Å². The first-order valence-electron chi connectivity index (χ1n) is 33.9. The number of carbonyl (C=O) groups is 1. The maximum atomic E-state index is 13.4. The first-order valence-corrected chi connectivity index (χ1v) is 33.9. The molecule has 17 unspecified atom stereocenters. The van der Waals surface area contributed by atoms with Crippen molar-refractivity contribution in [3.8, 4) is 0 Å². The van der Waals surface area contributed by atoms with Crippen LogP contribution < -0.4 is 5.32 Å². The molecule has 0 aromatic carbocycles. The van der Waals surface area contributed by atoms with Crippen LogP contribution in [0.25, 0.3) is 0 Å². The van der Waals surface area contributed by atoms with Crippen LogP contribution in [0.4, 0.5) is 0 Å². The molecule has 0 radical (unpaired) electrons. The maximum Gasteiger partial charge on any atom is 0.220 e. The highest BCUT2D eigenvalue weighted by Crippen LogP contribution is 2.33. The number of nitrogens with one attached hydrogen (secondary N) is 1. The second-order valence-corrected chi connectivity index (χ2v) is 24.6. The molecule has 496 valence electrons. The van der Waals surface area contributed by atoms with Gasteiger partial charge in [0.15, 0.2) is 18.9 Å². The number of aliphatic hydroxyl groups is 11. The second-order valence-electron chi connectivity index (χ2n) is 24.6. The highest BCUT2D eigenvalue weighted by molar-refractivity contribution is 5.76. The van der Waals surface area contributed by atoms with Gasteiger partial charge in [-0.25, -0.2) is 0 Å². The Bertz CT molecular complexity index is 1580. The lowest BCUT2D eigenvalue weighted by atomic mass is 9.96. The van der Waals surface area contributed by atoms with E-state index in [0.717, 1.165) is 57.8 Å². The lowest BCUT2D eigenvalue weighted by Crippen LogP contribution is -2.66. The van der Waals surface area contributed by atoms with Crippen LogP contribution in [0.3, 0.4) is 0 Å². The van der Waals surface area contributed by atoms with Crippen LogP contribution in [0, 0.1) is 0 Å². The molecule has 19 nitrogen and oxygen atoms in total. The monoisotopic (exact) mass is 1210 g/mol. The molecule has 3 aliphatic rings. The first kappa shape index (κ1) is 76.8. The number of carbonyl (C=O) groups excluding carboxylic acids is 1. The van der Waals surface area contributed by atoms with Crippen molar-refractivity contribution in [2.24, 2.45) is 0 Å². The van der Waals surface area contributed by atoms with Gasteiger partial charge in [-0.15, -0.1) is 0 Å². The van der Waals surface area contributed by atoms with E-state index in [1.165, 1.54) is 173 Å². The van der Waals surface area contributed by atoms with Gasteiger partial charge < -0.3 is 89.9 Å². The van der Waals surface area contributed by atoms with Gasteiger partial charge in [-0.1, -0.05) is 231 Å². The minimum Gasteiger partial charge on any atom is -0.394 e. The van der Waals surface area contributed by atoms with Crippen molar-refractivity contribution < 1.29 is 89.4 Å². The van der Waals surface area contributed by atoms with E-state index in [9.17, 15) is 61.0 Å². The van der Waals surface area contributed by atoms with Gasteiger partial charge in [0.25, 0.3) is 0 Å². The summed E-state index contributed by atoms with van der Waals surface area (Å²) in [5.41, 5.74) is 0. The molecule has 0 spiro atoms. The number of allylic oxidation sites excluding steroid dienone is 2. The summed E-state index contributed by atoms with van der Waals surface area (Å²) in [5, 5.41) is 121. The van der Waals surface area contributed by atoms with E-state index in [1.807, 2.05) is 0 Å². The molecule has 12 N–H and O–H groups in total. The Hall–Kier alpha value is -1.47. The number of hydrogen-bond donors (Lipinski definition) is 12. The summed E-state index contributed by atoms with van der Waals surface area (Å²) < 4.78 is 34.4. The number of rotatable bonds is 52. The number of unbranched alkanes of at least 4 members (excludes halogenated alkanes) is 34. The van der Waals surface area contributed by atoms with Crippen molar-refractivity contribution in [1.82, 2.24) is 5.32 Å². The van der Waals surface area contributed by atoms with Gasteiger partial charge in [-0.05, 0) is 38.5 Å². The minimum atomic E-state index is -1.97. The highest BCUT2D eigenvalue weighted by Gasteiger charge is 2.53. The zero-order valence-corrected chi connectivity index (χ0v) is 52.2. The smallest absolute Gasteiger partial charge is 0.220 e. The molecular formula is C65H123NO18. The summed E-state index contributed by atoms with van der Waals surface area (Å²) in [6, 6.07) is -0.887. The van der Waals surface area contributed by atoms with Crippen molar-refractivity contribution in [3.05, 3.63) is 12.2 Å². The standard InChI is InChI=1S/C65H123NO18/c1-3-5-7-9-11-13-15-17-19-21-22-23-24-25-27-28-30-32-34-36-38-40-42-49(70)48(66-53(71)43-41-39-37-35-33-31-29-26-20-18-16-14-12-10-8-6-4-2)47-79-63-59(77)56(74)61(51(45-68)81-63)84-65-60(78)57(75)62(52(46-69)82-65)83-64-58(76)55(73)54(72)50(44-67)80-64/h18,20,48-52,54-65,67-70,72-78H,3-17,19,21-47H2,1-2H3,(H,66,71)/b20-18-. The zero-order valence-electron chi connectivity index (χ0n) is 52.2. The molecule has 0 aromatic heterocycles. The van der Waals surface area contributed by atoms with E-state index in [2.05, 4.69) is 31.3 Å². The third-order valence-corrected chi connectivity index (χ3v) is 17.3. The Morgan fingerprint density at radius 1 is 0.417 bits per heavy atom. The largest absolute Gasteiger partial charge is 0.394 e. The van der Waals surface area contributed by atoms with E-state index >= 15 is 0 Å². The van der Waals surface area contributed by atoms with Crippen LogP contribution >= 0.6 is 0 Å². The average molecular weight is 1210 g/mol. The maximum absolute atomic E-state index is 13.4. The summed E-state index contributed by atoms with van der Waals surface area (Å²) in [6.45, 7) is 1.82. The van der Waals surface area contributed by atoms with E-state index in [1.54, 1.807) is 0 Å². The minimum absolute atomic E-state index is 0.244. The Balaban J connectivity index is 1.45. The third-order valence-electron chi connectivity index (χ3n) is 17.3. The molecule has 1 amide bonds. The van der Waals surface area contributed by atoms with Crippen molar-refractivity contribution in [2.45, 2.75) is 369 Å². The van der Waals surface area contributed by atoms with Gasteiger partial charge in [0.2, 0.25) is 5.91 Å². The quantitative estimate of drug-likeness (QED) is 0.0202. The van der Waals surface area contributed by atoms with E-state index in [-0.39, 0.29) is 18.9 Å². The number of hydrogen-bond acceptors (Lipinski definition) is 18. The van der Waals surface area contributed by atoms with Gasteiger partial charge in [0.05, 0.1) is 38.6 Å². The van der Waals surface area contributed by atoms with E-state index in [0.29, 0.717) is 12.8 Å². The molecule has 0 saturated carbocycles. The second kappa shape index (κ2) is 48.4. The lowest BCUT2D eigenvalue weighted by Gasteiger charge is -2.48. The molecule has 84 heavy (non-hydrogen) atoms. The predicted molar refractivity (Wildman–Crippen MR) is 323 cm³/mol. The van der Waals surface area contributed by atoms with Gasteiger partial charge >= 0.3 is 0 Å². The molecule has 3 rings (SSSR count). The molecule has 0 aliphatic carbocycles. The number of aliphatic hydroxyl groups excluding tert-OH is 11. The molecular weight excluding hydrogens is 1080 g/mol. The van der Waals surface area contributed by atoms with E-state index in [4.69, 9.17) is 28.4 Å². The molecule has 0 aromatic rings. The fraction of sp³-hybridized carbons (Fsp3) is 0.954. The highest BCUT2D eigenvalue weighted by atomic mass is 16.8. The summed E-state index contributed by atoms with van der Waals surface area (Å²) in [6.07, 6.45) is 24.3. The summed E-state index contributed by atoms with van der Waals surface area (Å²) in [4.78, 5) is 13.4. The number of amides is 1. The van der Waals surface area contributed by atoms with Gasteiger partial charge in [0, 0.05) is 6.42 Å². The van der Waals surface area contributed by atoms with Crippen LogP contribution in [0.1, 0.15) is 264 Å². The zero-order chi connectivity index (χ0) is 61.2. The SMILES string of the molecule is CCCCCCCC/C=C\CCCCCCCCCC(=O)NC(COC1OC(CO)C(OC2OC(CO)C(OC3OC(CO)C(O)C(O)C3O)C(O)C2O)C(O)C1O)C(O)CCCCCCCCCCCCCCCCCCCCCCCC. The number of ether oxygens (including phenoxy) is 6. The molecule has 19 heteroatoms. The molecule has 3 saturated heterocycles. The Labute approximate surface area is 506 Å². The van der Waals surface area contributed by atoms with Gasteiger partial charge in [0.1, 0.15) is 73.2 Å². The normalized spacial score (nSPS) is 29.2. The van der Waals surface area contributed by atoms with E-state index < -0.39 is 124 Å². The Morgan fingerprint density at radius 2 is 0.750 bits per heavy atom. The fourth-order valence-corrected chi connectivity index (χ4v) is 11.8. The van der Waals surface area contributed by atoms with Crippen LogP contribution in [0.5, 0.6) is 0 Å². The fourth-order valence-electron chi connectivity index (χ4n) is 11.8. The van der Waals surface area contributed by atoms with Crippen LogP contribution in [-0.4, -0.2) is 193 Å². The predicted octanol–water partition coefficient (Wildman–Crippen LogP) is 8.11. The molecule has 0 bridgehead atoms. The first-order chi connectivity index (χ1) is 40.8. The lowest BCUT2D eigenvalue weighted by molar-refractivity contribution is -0.379. The average Bonchev–Trinajstić information content (AvgIpc) is 2.82. The van der Waals surface area contributed by atoms with Crippen molar-refractivity contribution in [3.63, 3.8) is 0 Å². The summed E-state index contributed by atoms with van der Waals surface area (Å²) in [7, 11) is 0. The van der Waals surface area contributed by atoms with Crippen LogP contribution in [0.2, 0.25) is 0 Å². The summed E-state index contributed by atoms with van der Waals surface area (Å²) in [5.74, 6) is -0.244. The molecule has 3 heterocycles. The molecule has 3 fully saturated rings.